The molecule has 7 nitrogen and oxygen atoms in total. The van der Waals surface area contributed by atoms with E-state index in [2.05, 4.69) is 5.32 Å². The Morgan fingerprint density at radius 3 is 2.42 bits per heavy atom. The molecule has 0 aliphatic carbocycles. The molecule has 1 aromatic carbocycles. The molecule has 1 saturated heterocycles. The van der Waals surface area contributed by atoms with Crippen molar-refractivity contribution in [3.8, 4) is 0 Å². The van der Waals surface area contributed by atoms with Crippen molar-refractivity contribution in [1.29, 1.82) is 0 Å². The van der Waals surface area contributed by atoms with Crippen molar-refractivity contribution in [2.75, 3.05) is 4.90 Å². The van der Waals surface area contributed by atoms with Gasteiger partial charge in [-0.15, -0.1) is 11.3 Å². The zero-order valence-electron chi connectivity index (χ0n) is 12.1. The summed E-state index contributed by atoms with van der Waals surface area (Å²) < 4.78 is 0. The Morgan fingerprint density at radius 2 is 1.83 bits per heavy atom. The van der Waals surface area contributed by atoms with Crippen LogP contribution in [0.15, 0.2) is 47.4 Å². The molecule has 4 amide bonds. The second-order valence-electron chi connectivity index (χ2n) is 4.83. The number of imide groups is 2. The number of benzene rings is 1. The lowest BCUT2D eigenvalue weighted by Gasteiger charge is -2.26. The largest absolute Gasteiger partial charge is 0.478 e. The molecule has 2 aromatic rings. The molecule has 0 spiro atoms. The third-order valence-corrected chi connectivity index (χ3v) is 4.12. The molecule has 1 aliphatic rings. The molecule has 1 aromatic heterocycles. The number of aromatic carboxylic acids is 1. The van der Waals surface area contributed by atoms with Crippen molar-refractivity contribution in [3.05, 3.63) is 57.8 Å². The zero-order chi connectivity index (χ0) is 17.3. The van der Waals surface area contributed by atoms with Crippen molar-refractivity contribution in [1.82, 2.24) is 5.32 Å². The fourth-order valence-electron chi connectivity index (χ4n) is 2.16. The van der Waals surface area contributed by atoms with Crippen LogP contribution < -0.4 is 10.2 Å². The van der Waals surface area contributed by atoms with E-state index in [0.717, 1.165) is 4.90 Å². The van der Waals surface area contributed by atoms with Crippen molar-refractivity contribution >= 4 is 46.9 Å². The maximum atomic E-state index is 12.6. The standard InChI is InChI=1S/C16H10N2O5S/c19-13-12(8-11-2-1-7-24-11)14(20)18(16(23)17-13)10-5-3-9(4-6-10)15(21)22/h1-8H,(H,21,22)(H,17,19,23)/b12-8-. The molecule has 24 heavy (non-hydrogen) atoms. The summed E-state index contributed by atoms with van der Waals surface area (Å²) in [6, 6.07) is 7.85. The Bertz CT molecular complexity index is 868. The van der Waals surface area contributed by atoms with Gasteiger partial charge in [0.15, 0.2) is 0 Å². The van der Waals surface area contributed by atoms with Crippen LogP contribution in [-0.4, -0.2) is 28.9 Å². The molecule has 0 saturated carbocycles. The zero-order valence-corrected chi connectivity index (χ0v) is 12.9. The Labute approximate surface area is 139 Å². The average molecular weight is 342 g/mol. The first-order chi connectivity index (χ1) is 11.5. The van der Waals surface area contributed by atoms with Gasteiger partial charge in [-0.25, -0.2) is 14.5 Å². The van der Waals surface area contributed by atoms with Gasteiger partial charge in [0.1, 0.15) is 5.57 Å². The first-order valence-corrected chi connectivity index (χ1v) is 7.63. The second-order valence-corrected chi connectivity index (χ2v) is 5.80. The molecule has 120 valence electrons. The maximum absolute atomic E-state index is 12.6. The quantitative estimate of drug-likeness (QED) is 0.657. The number of rotatable bonds is 3. The van der Waals surface area contributed by atoms with Crippen LogP contribution in [-0.2, 0) is 9.59 Å². The Balaban J connectivity index is 1.98. The molecule has 0 unspecified atom stereocenters. The highest BCUT2D eigenvalue weighted by atomic mass is 32.1. The van der Waals surface area contributed by atoms with Crippen LogP contribution in [0.5, 0.6) is 0 Å². The summed E-state index contributed by atoms with van der Waals surface area (Å²) in [5.74, 6) is -2.65. The molecular weight excluding hydrogens is 332 g/mol. The van der Waals surface area contributed by atoms with E-state index in [0.29, 0.717) is 4.88 Å². The summed E-state index contributed by atoms with van der Waals surface area (Å²) in [6.45, 7) is 0. The smallest absolute Gasteiger partial charge is 0.335 e. The molecule has 8 heteroatoms. The molecule has 1 fully saturated rings. The monoisotopic (exact) mass is 342 g/mol. The number of hydrogen-bond donors (Lipinski definition) is 2. The third-order valence-electron chi connectivity index (χ3n) is 3.30. The molecule has 2 N–H and O–H groups in total. The lowest BCUT2D eigenvalue weighted by Crippen LogP contribution is -2.54. The molecular formula is C16H10N2O5S. The van der Waals surface area contributed by atoms with Crippen LogP contribution in [0, 0.1) is 0 Å². The number of hydrogen-bond acceptors (Lipinski definition) is 5. The summed E-state index contributed by atoms with van der Waals surface area (Å²) in [6.07, 6.45) is 1.41. The number of thiophene rings is 1. The number of carboxylic acids is 1. The molecule has 1 aliphatic heterocycles. The maximum Gasteiger partial charge on any atom is 0.335 e. The van der Waals surface area contributed by atoms with E-state index in [-0.39, 0.29) is 16.8 Å². The van der Waals surface area contributed by atoms with Gasteiger partial charge in [0.25, 0.3) is 11.8 Å². The van der Waals surface area contributed by atoms with Gasteiger partial charge in [-0.1, -0.05) is 6.07 Å². The van der Waals surface area contributed by atoms with Gasteiger partial charge in [0.05, 0.1) is 11.3 Å². The van der Waals surface area contributed by atoms with Gasteiger partial charge in [-0.3, -0.25) is 14.9 Å². The topological polar surface area (TPSA) is 104 Å². The molecule has 0 atom stereocenters. The molecule has 0 radical (unpaired) electrons. The highest BCUT2D eigenvalue weighted by Gasteiger charge is 2.36. The number of carbonyl (C=O) groups excluding carboxylic acids is 3. The first kappa shape index (κ1) is 15.6. The summed E-state index contributed by atoms with van der Waals surface area (Å²) in [5, 5.41) is 12.8. The third kappa shape index (κ3) is 2.82. The average Bonchev–Trinajstić information content (AvgIpc) is 3.05. The lowest BCUT2D eigenvalue weighted by molar-refractivity contribution is -0.122. The predicted molar refractivity (Wildman–Crippen MR) is 86.7 cm³/mol. The van der Waals surface area contributed by atoms with Crippen molar-refractivity contribution in [3.63, 3.8) is 0 Å². The number of carbonyl (C=O) groups is 4. The van der Waals surface area contributed by atoms with E-state index < -0.39 is 23.8 Å². The highest BCUT2D eigenvalue weighted by Crippen LogP contribution is 2.23. The van der Waals surface area contributed by atoms with Crippen LogP contribution in [0.25, 0.3) is 6.08 Å². The fraction of sp³-hybridized carbons (Fsp3) is 0. The van der Waals surface area contributed by atoms with Gasteiger partial charge in [0.2, 0.25) is 0 Å². The number of carboxylic acid groups (broad SMARTS) is 1. The Hall–Kier alpha value is -3.26. The van der Waals surface area contributed by atoms with Crippen molar-refractivity contribution in [2.45, 2.75) is 0 Å². The van der Waals surface area contributed by atoms with E-state index in [1.165, 1.54) is 41.7 Å². The first-order valence-electron chi connectivity index (χ1n) is 6.75. The normalized spacial score (nSPS) is 16.4. The van der Waals surface area contributed by atoms with Crippen LogP contribution in [0.1, 0.15) is 15.2 Å². The van der Waals surface area contributed by atoms with Crippen LogP contribution in [0.2, 0.25) is 0 Å². The van der Waals surface area contributed by atoms with Crippen LogP contribution in [0.4, 0.5) is 10.5 Å². The van der Waals surface area contributed by atoms with Gasteiger partial charge in [0, 0.05) is 4.88 Å². The highest BCUT2D eigenvalue weighted by molar-refractivity contribution is 7.10. The Morgan fingerprint density at radius 1 is 1.12 bits per heavy atom. The Kier molecular flexibility index (Phi) is 3.97. The van der Waals surface area contributed by atoms with Gasteiger partial charge in [-0.2, -0.15) is 0 Å². The van der Waals surface area contributed by atoms with Gasteiger partial charge >= 0.3 is 12.0 Å². The lowest BCUT2D eigenvalue weighted by atomic mass is 10.1. The van der Waals surface area contributed by atoms with E-state index in [1.807, 2.05) is 0 Å². The van der Waals surface area contributed by atoms with Crippen molar-refractivity contribution < 1.29 is 24.3 Å². The van der Waals surface area contributed by atoms with Crippen molar-refractivity contribution in [2.24, 2.45) is 0 Å². The minimum absolute atomic E-state index is 0.0223. The number of nitrogens with zero attached hydrogens (tertiary/aromatic N) is 1. The number of amides is 4. The van der Waals surface area contributed by atoms with Crippen LogP contribution in [0.3, 0.4) is 0 Å². The van der Waals surface area contributed by atoms with Gasteiger partial charge < -0.3 is 5.11 Å². The minimum atomic E-state index is -1.12. The molecule has 3 rings (SSSR count). The van der Waals surface area contributed by atoms with E-state index in [1.54, 1.807) is 17.5 Å². The molecule has 2 heterocycles. The van der Waals surface area contributed by atoms with Crippen LogP contribution >= 0.6 is 11.3 Å². The summed E-state index contributed by atoms with van der Waals surface area (Å²) >= 11 is 1.35. The van der Waals surface area contributed by atoms with E-state index in [4.69, 9.17) is 5.11 Å². The number of anilines is 1. The number of nitrogens with one attached hydrogen (secondary N) is 1. The number of barbiturate groups is 1. The van der Waals surface area contributed by atoms with E-state index >= 15 is 0 Å². The summed E-state index contributed by atoms with van der Waals surface area (Å²) in [7, 11) is 0. The second kappa shape index (κ2) is 6.09. The van der Waals surface area contributed by atoms with Gasteiger partial charge in [-0.05, 0) is 41.8 Å². The minimum Gasteiger partial charge on any atom is -0.478 e. The predicted octanol–water partition coefficient (Wildman–Crippen LogP) is 2.11. The summed E-state index contributed by atoms with van der Waals surface area (Å²) in [5.41, 5.74) is 0.0282. The number of urea groups is 1. The van der Waals surface area contributed by atoms with E-state index in [9.17, 15) is 19.2 Å². The fourth-order valence-corrected chi connectivity index (χ4v) is 2.82. The SMILES string of the molecule is O=C1NC(=O)N(c2ccc(C(=O)O)cc2)C(=O)/C1=C\c1cccs1. The summed E-state index contributed by atoms with van der Waals surface area (Å²) in [4.78, 5) is 48.9. The molecule has 0 bridgehead atoms.